The highest BCUT2D eigenvalue weighted by atomic mass is 32.2. The Labute approximate surface area is 213 Å². The Balaban J connectivity index is 1.89. The molecule has 0 saturated heterocycles. The fourth-order valence-corrected chi connectivity index (χ4v) is 5.42. The van der Waals surface area contributed by atoms with E-state index in [1.807, 2.05) is 13.8 Å². The van der Waals surface area contributed by atoms with Crippen LogP contribution >= 0.6 is 0 Å². The molecule has 0 aliphatic heterocycles. The first-order chi connectivity index (χ1) is 17.1. The van der Waals surface area contributed by atoms with E-state index in [1.54, 1.807) is 36.4 Å². The zero-order chi connectivity index (χ0) is 26.3. The molecule has 1 saturated carbocycles. The number of anilines is 1. The topological polar surface area (TPSA) is 86.8 Å². The molecule has 0 radical (unpaired) electrons. The molecule has 3 rings (SSSR count). The Hall–Kier alpha value is -2.94. The van der Waals surface area contributed by atoms with Gasteiger partial charge < -0.3 is 10.2 Å². The van der Waals surface area contributed by atoms with Crippen molar-refractivity contribution >= 4 is 27.5 Å². The number of carbonyl (C=O) groups is 2. The van der Waals surface area contributed by atoms with Crippen molar-refractivity contribution in [2.75, 3.05) is 17.1 Å². The van der Waals surface area contributed by atoms with E-state index >= 15 is 0 Å². The second-order valence-electron chi connectivity index (χ2n) is 9.52. The average molecular weight is 518 g/mol. The molecule has 7 nitrogen and oxygen atoms in total. The molecule has 0 bridgehead atoms. The smallest absolute Gasteiger partial charge is 0.244 e. The van der Waals surface area contributed by atoms with E-state index in [2.05, 4.69) is 5.32 Å². The zero-order valence-electron chi connectivity index (χ0n) is 21.2. The number of nitrogens with one attached hydrogen (secondary N) is 1. The standard InChI is InChI=1S/C27H36FN3O4S/c1-4-25(27(33)29-23-8-6-5-7-9-23)30(18-21-12-14-22(28)15-13-21)26(32)19-31(36(3,34)35)24-16-10-20(2)11-17-24/h10-17,23,25H,4-9,18-19H2,1-3H3,(H,29,33). The lowest BCUT2D eigenvalue weighted by Crippen LogP contribution is -2.53. The summed E-state index contributed by atoms with van der Waals surface area (Å²) in [6.07, 6.45) is 6.48. The minimum absolute atomic E-state index is 0.0568. The van der Waals surface area contributed by atoms with Crippen LogP contribution in [0.3, 0.4) is 0 Å². The summed E-state index contributed by atoms with van der Waals surface area (Å²) in [7, 11) is -3.78. The van der Waals surface area contributed by atoms with Crippen LogP contribution in [0.4, 0.5) is 10.1 Å². The number of halogens is 1. The lowest BCUT2D eigenvalue weighted by molar-refractivity contribution is -0.140. The van der Waals surface area contributed by atoms with Gasteiger partial charge in [0.05, 0.1) is 11.9 Å². The molecule has 1 atom stereocenters. The second-order valence-corrected chi connectivity index (χ2v) is 11.4. The Morgan fingerprint density at radius 3 is 2.19 bits per heavy atom. The van der Waals surface area contributed by atoms with Gasteiger partial charge in [0, 0.05) is 12.6 Å². The molecule has 0 heterocycles. The Kier molecular flexibility index (Phi) is 9.48. The molecule has 0 spiro atoms. The number of nitrogens with zero attached hydrogens (tertiary/aromatic N) is 2. The summed E-state index contributed by atoms with van der Waals surface area (Å²) >= 11 is 0. The molecule has 1 unspecified atom stereocenters. The molecule has 1 N–H and O–H groups in total. The zero-order valence-corrected chi connectivity index (χ0v) is 22.1. The summed E-state index contributed by atoms with van der Waals surface area (Å²) in [6, 6.07) is 11.9. The van der Waals surface area contributed by atoms with E-state index in [1.165, 1.54) is 17.0 Å². The van der Waals surface area contributed by atoms with Crippen molar-refractivity contribution < 1.29 is 22.4 Å². The van der Waals surface area contributed by atoms with E-state index in [-0.39, 0.29) is 18.5 Å². The number of hydrogen-bond donors (Lipinski definition) is 1. The van der Waals surface area contributed by atoms with Crippen molar-refractivity contribution in [1.29, 1.82) is 0 Å². The number of rotatable bonds is 10. The van der Waals surface area contributed by atoms with Crippen LogP contribution in [-0.2, 0) is 26.2 Å². The minimum atomic E-state index is -3.78. The first-order valence-electron chi connectivity index (χ1n) is 12.5. The maximum absolute atomic E-state index is 13.7. The molecule has 9 heteroatoms. The summed E-state index contributed by atoms with van der Waals surface area (Å²) in [5.41, 5.74) is 1.98. The molecule has 1 aliphatic rings. The maximum Gasteiger partial charge on any atom is 0.244 e. The number of amides is 2. The molecular weight excluding hydrogens is 481 g/mol. The SMILES string of the molecule is CCC(C(=O)NC1CCCCC1)N(Cc1ccc(F)cc1)C(=O)CN(c1ccc(C)cc1)S(C)(=O)=O. The second kappa shape index (κ2) is 12.3. The van der Waals surface area contributed by atoms with Crippen LogP contribution in [0.2, 0.25) is 0 Å². The number of benzene rings is 2. The normalized spacial score (nSPS) is 15.2. The number of aryl methyl sites for hydroxylation is 1. The summed E-state index contributed by atoms with van der Waals surface area (Å²) in [5.74, 6) is -1.15. The van der Waals surface area contributed by atoms with Gasteiger partial charge in [-0.1, -0.05) is 56.0 Å². The van der Waals surface area contributed by atoms with Crippen LogP contribution in [0.5, 0.6) is 0 Å². The molecule has 2 aromatic rings. The van der Waals surface area contributed by atoms with E-state index in [0.717, 1.165) is 48.2 Å². The molecule has 0 aromatic heterocycles. The third-order valence-electron chi connectivity index (χ3n) is 6.60. The third-order valence-corrected chi connectivity index (χ3v) is 7.75. The number of hydrogen-bond acceptors (Lipinski definition) is 4. The van der Waals surface area contributed by atoms with Gasteiger partial charge in [-0.2, -0.15) is 0 Å². The van der Waals surface area contributed by atoms with Crippen LogP contribution in [0.25, 0.3) is 0 Å². The first-order valence-corrected chi connectivity index (χ1v) is 14.3. The Morgan fingerprint density at radius 2 is 1.64 bits per heavy atom. The van der Waals surface area contributed by atoms with E-state index < -0.39 is 34.3 Å². The highest BCUT2D eigenvalue weighted by molar-refractivity contribution is 7.92. The lowest BCUT2D eigenvalue weighted by atomic mass is 9.95. The van der Waals surface area contributed by atoms with Crippen LogP contribution in [0, 0.1) is 12.7 Å². The van der Waals surface area contributed by atoms with Gasteiger partial charge in [-0.05, 0) is 56.0 Å². The van der Waals surface area contributed by atoms with Crippen LogP contribution in [0.15, 0.2) is 48.5 Å². The predicted molar refractivity (Wildman–Crippen MR) is 139 cm³/mol. The largest absolute Gasteiger partial charge is 0.352 e. The molecular formula is C27H36FN3O4S. The van der Waals surface area contributed by atoms with E-state index in [4.69, 9.17) is 0 Å². The summed E-state index contributed by atoms with van der Waals surface area (Å²) in [5, 5.41) is 3.10. The van der Waals surface area contributed by atoms with Gasteiger partial charge in [-0.25, -0.2) is 12.8 Å². The van der Waals surface area contributed by atoms with Gasteiger partial charge >= 0.3 is 0 Å². The number of sulfonamides is 1. The average Bonchev–Trinajstić information content (AvgIpc) is 2.84. The van der Waals surface area contributed by atoms with Gasteiger partial charge in [0.15, 0.2) is 0 Å². The molecule has 1 aliphatic carbocycles. The van der Waals surface area contributed by atoms with E-state index in [0.29, 0.717) is 17.7 Å². The van der Waals surface area contributed by atoms with Gasteiger partial charge in [-0.3, -0.25) is 13.9 Å². The predicted octanol–water partition coefficient (Wildman–Crippen LogP) is 4.16. The van der Waals surface area contributed by atoms with Crippen LogP contribution < -0.4 is 9.62 Å². The summed E-state index contributed by atoms with van der Waals surface area (Å²) < 4.78 is 39.8. The third kappa shape index (κ3) is 7.53. The summed E-state index contributed by atoms with van der Waals surface area (Å²) in [4.78, 5) is 28.4. The highest BCUT2D eigenvalue weighted by Crippen LogP contribution is 2.22. The van der Waals surface area contributed by atoms with Crippen molar-refractivity contribution in [1.82, 2.24) is 10.2 Å². The Bertz CT molecular complexity index is 1130. The molecule has 1 fully saturated rings. The monoisotopic (exact) mass is 517 g/mol. The lowest BCUT2D eigenvalue weighted by Gasteiger charge is -2.34. The van der Waals surface area contributed by atoms with Crippen molar-refractivity contribution in [3.05, 3.63) is 65.5 Å². The van der Waals surface area contributed by atoms with Crippen molar-refractivity contribution in [2.45, 2.75) is 71.0 Å². The molecule has 36 heavy (non-hydrogen) atoms. The van der Waals surface area contributed by atoms with E-state index in [9.17, 15) is 22.4 Å². The minimum Gasteiger partial charge on any atom is -0.352 e. The quantitative estimate of drug-likeness (QED) is 0.513. The van der Waals surface area contributed by atoms with Gasteiger partial charge in [-0.15, -0.1) is 0 Å². The molecule has 2 amide bonds. The van der Waals surface area contributed by atoms with Crippen LogP contribution in [-0.4, -0.2) is 50.0 Å². The first kappa shape index (κ1) is 27.6. The summed E-state index contributed by atoms with van der Waals surface area (Å²) in [6.45, 7) is 3.32. The Morgan fingerprint density at radius 1 is 1.03 bits per heavy atom. The maximum atomic E-state index is 13.7. The fourth-order valence-electron chi connectivity index (χ4n) is 4.58. The van der Waals surface area contributed by atoms with Crippen molar-refractivity contribution in [3.63, 3.8) is 0 Å². The highest BCUT2D eigenvalue weighted by Gasteiger charge is 2.32. The number of carbonyl (C=O) groups excluding carboxylic acids is 2. The fraction of sp³-hybridized carbons (Fsp3) is 0.481. The van der Waals surface area contributed by atoms with Crippen LogP contribution in [0.1, 0.15) is 56.6 Å². The molecule has 2 aromatic carbocycles. The van der Waals surface area contributed by atoms with Crippen molar-refractivity contribution in [2.24, 2.45) is 0 Å². The molecule has 196 valence electrons. The van der Waals surface area contributed by atoms with Gasteiger partial charge in [0.25, 0.3) is 0 Å². The van der Waals surface area contributed by atoms with Gasteiger partial charge in [0.2, 0.25) is 21.8 Å². The van der Waals surface area contributed by atoms with Crippen molar-refractivity contribution in [3.8, 4) is 0 Å². The van der Waals surface area contributed by atoms with Gasteiger partial charge in [0.1, 0.15) is 18.4 Å².